The van der Waals surface area contributed by atoms with Gasteiger partial charge in [-0.05, 0) is 36.4 Å². The van der Waals surface area contributed by atoms with Gasteiger partial charge in [-0.25, -0.2) is 0 Å². The maximum atomic E-state index is 12.5. The smallest absolute Gasteiger partial charge is 0.306 e. The molecule has 0 unspecified atom stereocenters. The number of thiophene rings is 1. The highest BCUT2D eigenvalue weighted by molar-refractivity contribution is 7.09. The van der Waals surface area contributed by atoms with Crippen LogP contribution in [0.2, 0.25) is 0 Å². The molecule has 0 aliphatic heterocycles. The molecule has 0 aliphatic rings. The average molecular weight is 379 g/mol. The van der Waals surface area contributed by atoms with Crippen LogP contribution in [0.1, 0.15) is 18.2 Å². The number of para-hydroxylation sites is 1. The van der Waals surface area contributed by atoms with Gasteiger partial charge in [0.25, 0.3) is 5.91 Å². The second-order valence-electron chi connectivity index (χ2n) is 6.11. The van der Waals surface area contributed by atoms with Crippen molar-refractivity contribution >= 4 is 28.9 Å². The third kappa shape index (κ3) is 5.28. The monoisotopic (exact) mass is 379 g/mol. The first-order valence-corrected chi connectivity index (χ1v) is 9.68. The molecule has 0 bridgehead atoms. The van der Waals surface area contributed by atoms with Crippen molar-refractivity contribution in [3.8, 4) is 11.1 Å². The van der Waals surface area contributed by atoms with Crippen molar-refractivity contribution in [3.05, 3.63) is 77.0 Å². The first-order valence-electron chi connectivity index (χ1n) is 8.80. The van der Waals surface area contributed by atoms with E-state index in [9.17, 15) is 9.59 Å². The molecule has 0 saturated heterocycles. The molecule has 1 heterocycles. The third-order valence-corrected chi connectivity index (χ3v) is 5.04. The summed E-state index contributed by atoms with van der Waals surface area (Å²) in [5, 5.41) is 4.84. The van der Waals surface area contributed by atoms with Gasteiger partial charge in [-0.2, -0.15) is 0 Å². The van der Waals surface area contributed by atoms with E-state index < -0.39 is 6.10 Å². The number of ether oxygens (including phenoxy) is 1. The van der Waals surface area contributed by atoms with Gasteiger partial charge in [0.2, 0.25) is 0 Å². The number of anilines is 1. The van der Waals surface area contributed by atoms with Crippen LogP contribution in [0.5, 0.6) is 0 Å². The van der Waals surface area contributed by atoms with Gasteiger partial charge >= 0.3 is 5.97 Å². The molecule has 1 atom stereocenters. The molecule has 1 amide bonds. The molecule has 0 aliphatic carbocycles. The fraction of sp³-hybridized carbons (Fsp3) is 0.182. The van der Waals surface area contributed by atoms with E-state index in [-0.39, 0.29) is 18.3 Å². The summed E-state index contributed by atoms with van der Waals surface area (Å²) in [6, 6.07) is 21.3. The Labute approximate surface area is 162 Å². The summed E-state index contributed by atoms with van der Waals surface area (Å²) in [7, 11) is 0. The normalized spacial score (nSPS) is 11.6. The average Bonchev–Trinajstić information content (AvgIpc) is 3.21. The minimum absolute atomic E-state index is 0.263. The lowest BCUT2D eigenvalue weighted by Crippen LogP contribution is -2.30. The number of aryl methyl sites for hydroxylation is 1. The van der Waals surface area contributed by atoms with Gasteiger partial charge in [0.15, 0.2) is 6.10 Å². The van der Waals surface area contributed by atoms with Crippen LogP contribution < -0.4 is 5.32 Å². The highest BCUT2D eigenvalue weighted by Crippen LogP contribution is 2.27. The predicted molar refractivity (Wildman–Crippen MR) is 109 cm³/mol. The Kier molecular flexibility index (Phi) is 6.39. The first-order chi connectivity index (χ1) is 13.1. The molecule has 2 aromatic carbocycles. The number of benzene rings is 2. The molecule has 27 heavy (non-hydrogen) atoms. The van der Waals surface area contributed by atoms with Crippen molar-refractivity contribution in [2.45, 2.75) is 25.9 Å². The SMILES string of the molecule is C[C@@H](OC(=O)CCc1cccs1)C(=O)Nc1ccccc1-c1ccccc1. The molecule has 3 aromatic rings. The van der Waals surface area contributed by atoms with Gasteiger partial charge in [-0.3, -0.25) is 9.59 Å². The van der Waals surface area contributed by atoms with Gasteiger partial charge in [-0.1, -0.05) is 54.6 Å². The Morgan fingerprint density at radius 3 is 2.48 bits per heavy atom. The Morgan fingerprint density at radius 1 is 1.00 bits per heavy atom. The number of carbonyl (C=O) groups is 2. The highest BCUT2D eigenvalue weighted by atomic mass is 32.1. The summed E-state index contributed by atoms with van der Waals surface area (Å²) in [6.45, 7) is 1.59. The van der Waals surface area contributed by atoms with Crippen LogP contribution in [0.25, 0.3) is 11.1 Å². The van der Waals surface area contributed by atoms with E-state index in [1.54, 1.807) is 18.3 Å². The zero-order valence-corrected chi connectivity index (χ0v) is 15.9. The van der Waals surface area contributed by atoms with Crippen LogP contribution in [0.15, 0.2) is 72.1 Å². The summed E-state index contributed by atoms with van der Waals surface area (Å²) in [5.74, 6) is -0.717. The van der Waals surface area contributed by atoms with Crippen molar-refractivity contribution in [2.75, 3.05) is 5.32 Å². The second-order valence-corrected chi connectivity index (χ2v) is 7.14. The van der Waals surface area contributed by atoms with Crippen molar-refractivity contribution in [2.24, 2.45) is 0 Å². The zero-order chi connectivity index (χ0) is 19.1. The Hall–Kier alpha value is -2.92. The molecule has 0 saturated carbocycles. The maximum absolute atomic E-state index is 12.5. The van der Waals surface area contributed by atoms with E-state index in [1.807, 2.05) is 72.1 Å². The molecule has 4 nitrogen and oxygen atoms in total. The maximum Gasteiger partial charge on any atom is 0.306 e. The topological polar surface area (TPSA) is 55.4 Å². The lowest BCUT2D eigenvalue weighted by Gasteiger charge is -2.16. The van der Waals surface area contributed by atoms with E-state index >= 15 is 0 Å². The zero-order valence-electron chi connectivity index (χ0n) is 15.1. The fourth-order valence-electron chi connectivity index (χ4n) is 2.69. The first kappa shape index (κ1) is 18.9. The van der Waals surface area contributed by atoms with E-state index in [4.69, 9.17) is 4.74 Å². The molecule has 5 heteroatoms. The molecule has 138 valence electrons. The minimum atomic E-state index is -0.857. The van der Waals surface area contributed by atoms with E-state index in [0.29, 0.717) is 12.1 Å². The third-order valence-electron chi connectivity index (χ3n) is 4.10. The molecule has 3 rings (SSSR count). The van der Waals surface area contributed by atoms with Crippen LogP contribution in [-0.4, -0.2) is 18.0 Å². The largest absolute Gasteiger partial charge is 0.453 e. The van der Waals surface area contributed by atoms with E-state index in [1.165, 1.54) is 0 Å². The summed E-state index contributed by atoms with van der Waals surface area (Å²) in [5.41, 5.74) is 2.62. The van der Waals surface area contributed by atoms with Gasteiger partial charge < -0.3 is 10.1 Å². The van der Waals surface area contributed by atoms with Crippen LogP contribution in [-0.2, 0) is 20.7 Å². The van der Waals surface area contributed by atoms with Gasteiger partial charge in [0.1, 0.15) is 0 Å². The second kappa shape index (κ2) is 9.14. The van der Waals surface area contributed by atoms with Gasteiger partial charge in [0, 0.05) is 16.1 Å². The molecular weight excluding hydrogens is 358 g/mol. The number of nitrogens with one attached hydrogen (secondary N) is 1. The quantitative estimate of drug-likeness (QED) is 0.593. The summed E-state index contributed by atoms with van der Waals surface area (Å²) in [6.07, 6.45) is 0.0325. The summed E-state index contributed by atoms with van der Waals surface area (Å²) in [4.78, 5) is 25.6. The Balaban J connectivity index is 1.59. The van der Waals surface area contributed by atoms with Crippen LogP contribution >= 0.6 is 11.3 Å². The van der Waals surface area contributed by atoms with Crippen LogP contribution in [0, 0.1) is 0 Å². The molecule has 0 radical (unpaired) electrons. The number of esters is 1. The molecule has 1 N–H and O–H groups in total. The predicted octanol–water partition coefficient (Wildman–Crippen LogP) is 4.92. The van der Waals surface area contributed by atoms with Crippen molar-refractivity contribution < 1.29 is 14.3 Å². The minimum Gasteiger partial charge on any atom is -0.453 e. The molecule has 1 aromatic heterocycles. The van der Waals surface area contributed by atoms with Crippen molar-refractivity contribution in [1.29, 1.82) is 0 Å². The summed E-state index contributed by atoms with van der Waals surface area (Å²) < 4.78 is 5.28. The lowest BCUT2D eigenvalue weighted by molar-refractivity contribution is -0.153. The van der Waals surface area contributed by atoms with Gasteiger partial charge in [0.05, 0.1) is 6.42 Å². The summed E-state index contributed by atoms with van der Waals surface area (Å²) >= 11 is 1.60. The molecular formula is C22H21NO3S. The number of hydrogen-bond donors (Lipinski definition) is 1. The fourth-order valence-corrected chi connectivity index (χ4v) is 3.39. The van der Waals surface area contributed by atoms with Crippen molar-refractivity contribution in [3.63, 3.8) is 0 Å². The van der Waals surface area contributed by atoms with E-state index in [0.717, 1.165) is 16.0 Å². The van der Waals surface area contributed by atoms with E-state index in [2.05, 4.69) is 5.32 Å². The highest BCUT2D eigenvalue weighted by Gasteiger charge is 2.19. The van der Waals surface area contributed by atoms with Crippen LogP contribution in [0.4, 0.5) is 5.69 Å². The standard InChI is InChI=1S/C22H21NO3S/c1-16(26-21(24)14-13-18-10-7-15-27-18)22(25)23-20-12-6-5-11-19(20)17-8-3-2-4-9-17/h2-12,15-16H,13-14H2,1H3,(H,23,25)/t16-/m1/s1. The number of amides is 1. The Bertz CT molecular complexity index is 891. The van der Waals surface area contributed by atoms with Crippen molar-refractivity contribution in [1.82, 2.24) is 0 Å². The van der Waals surface area contributed by atoms with Gasteiger partial charge in [-0.15, -0.1) is 11.3 Å². The lowest BCUT2D eigenvalue weighted by atomic mass is 10.0. The molecule has 0 fully saturated rings. The Morgan fingerprint density at radius 2 is 1.74 bits per heavy atom. The number of rotatable bonds is 7. The molecule has 0 spiro atoms. The van der Waals surface area contributed by atoms with Crippen LogP contribution in [0.3, 0.4) is 0 Å². The number of carbonyl (C=O) groups excluding carboxylic acids is 2. The number of hydrogen-bond acceptors (Lipinski definition) is 4.